The lowest BCUT2D eigenvalue weighted by molar-refractivity contribution is -0.145. The van der Waals surface area contributed by atoms with Crippen LogP contribution in [0.1, 0.15) is 44.2 Å². The second-order valence-corrected chi connectivity index (χ2v) is 7.63. The van der Waals surface area contributed by atoms with Crippen molar-refractivity contribution in [3.8, 4) is 5.75 Å². The molecule has 0 unspecified atom stereocenters. The molecule has 1 saturated heterocycles. The average Bonchev–Trinajstić information content (AvgIpc) is 2.53. The number of rotatable bonds is 5. The highest BCUT2D eigenvalue weighted by Crippen LogP contribution is 2.26. The summed E-state index contributed by atoms with van der Waals surface area (Å²) in [5.74, 6) is 0.818. The third-order valence-corrected chi connectivity index (χ3v) is 5.19. The molecule has 1 heterocycles. The van der Waals surface area contributed by atoms with E-state index in [0.29, 0.717) is 6.04 Å². The number of likely N-dealkylation sites (N-methyl/N-ethyl adjacent to an activating group) is 2. The topological polar surface area (TPSA) is 32.8 Å². The smallest absolute Gasteiger partial charge is 0.265 e. The lowest BCUT2D eigenvalue weighted by Crippen LogP contribution is -2.52. The van der Waals surface area contributed by atoms with E-state index >= 15 is 0 Å². The van der Waals surface area contributed by atoms with Gasteiger partial charge in [-0.3, -0.25) is 4.79 Å². The van der Waals surface area contributed by atoms with Crippen molar-refractivity contribution in [2.24, 2.45) is 0 Å². The fraction of sp³-hybridized carbons (Fsp3) is 0.650. The van der Waals surface area contributed by atoms with Gasteiger partial charge in [-0.05, 0) is 71.3 Å². The van der Waals surface area contributed by atoms with Crippen molar-refractivity contribution >= 4 is 5.91 Å². The molecule has 0 spiro atoms. The minimum Gasteiger partial charge on any atom is -0.478 e. The van der Waals surface area contributed by atoms with E-state index in [0.717, 1.165) is 30.8 Å². The highest BCUT2D eigenvalue weighted by molar-refractivity contribution is 5.84. The number of benzene rings is 1. The SMILES string of the molecule is Cc1cccc(OC(C)(C)C(=O)N(C)C[C@@H]2CCCCN2C)c1C. The molecule has 1 atom stereocenters. The Morgan fingerprint density at radius 1 is 1.33 bits per heavy atom. The van der Waals surface area contributed by atoms with Crippen molar-refractivity contribution in [3.63, 3.8) is 0 Å². The second kappa shape index (κ2) is 7.56. The number of nitrogens with zero attached hydrogens (tertiary/aromatic N) is 2. The Morgan fingerprint density at radius 2 is 2.04 bits per heavy atom. The molecule has 1 aliphatic rings. The Bertz CT molecular complexity index is 583. The van der Waals surface area contributed by atoms with Crippen LogP contribution >= 0.6 is 0 Å². The van der Waals surface area contributed by atoms with Crippen LogP contribution in [0.5, 0.6) is 5.75 Å². The predicted molar refractivity (Wildman–Crippen MR) is 98.5 cm³/mol. The van der Waals surface area contributed by atoms with E-state index in [1.165, 1.54) is 18.4 Å². The van der Waals surface area contributed by atoms with E-state index in [4.69, 9.17) is 4.74 Å². The van der Waals surface area contributed by atoms with Gasteiger partial charge in [0, 0.05) is 19.6 Å². The molecular formula is C20H32N2O2. The molecule has 0 saturated carbocycles. The summed E-state index contributed by atoms with van der Waals surface area (Å²) in [7, 11) is 4.04. The van der Waals surface area contributed by atoms with Crippen molar-refractivity contribution < 1.29 is 9.53 Å². The minimum absolute atomic E-state index is 0.0300. The van der Waals surface area contributed by atoms with Crippen LogP contribution in [0.2, 0.25) is 0 Å². The molecule has 1 aliphatic heterocycles. The first-order chi connectivity index (χ1) is 11.2. The number of amides is 1. The summed E-state index contributed by atoms with van der Waals surface area (Å²) in [6, 6.07) is 6.41. The summed E-state index contributed by atoms with van der Waals surface area (Å²) >= 11 is 0. The molecule has 2 rings (SSSR count). The molecule has 4 heteroatoms. The first-order valence-electron chi connectivity index (χ1n) is 8.93. The number of ether oxygens (including phenoxy) is 1. The van der Waals surface area contributed by atoms with Crippen LogP contribution in [-0.4, -0.2) is 54.5 Å². The number of aryl methyl sites for hydroxylation is 1. The highest BCUT2D eigenvalue weighted by Gasteiger charge is 2.34. The number of carbonyl (C=O) groups is 1. The molecule has 0 aromatic heterocycles. The Hall–Kier alpha value is -1.55. The first-order valence-corrected chi connectivity index (χ1v) is 8.93. The van der Waals surface area contributed by atoms with E-state index < -0.39 is 5.60 Å². The van der Waals surface area contributed by atoms with E-state index in [2.05, 4.69) is 24.9 Å². The van der Waals surface area contributed by atoms with Gasteiger partial charge in [0.15, 0.2) is 5.60 Å². The van der Waals surface area contributed by atoms with Gasteiger partial charge in [-0.1, -0.05) is 18.6 Å². The second-order valence-electron chi connectivity index (χ2n) is 7.63. The fourth-order valence-electron chi connectivity index (χ4n) is 3.39. The molecule has 0 N–H and O–H groups in total. The summed E-state index contributed by atoms with van der Waals surface area (Å²) in [4.78, 5) is 17.1. The van der Waals surface area contributed by atoms with Gasteiger partial charge in [-0.15, -0.1) is 0 Å². The summed E-state index contributed by atoms with van der Waals surface area (Å²) in [5.41, 5.74) is 1.39. The maximum absolute atomic E-state index is 12.9. The molecule has 1 aromatic rings. The molecule has 0 radical (unpaired) electrons. The maximum atomic E-state index is 12.9. The lowest BCUT2D eigenvalue weighted by Gasteiger charge is -2.37. The normalized spacial score (nSPS) is 19.2. The Kier molecular flexibility index (Phi) is 5.92. The molecule has 0 aliphatic carbocycles. The van der Waals surface area contributed by atoms with Crippen LogP contribution in [0.3, 0.4) is 0 Å². The standard InChI is InChI=1S/C20H32N2O2/c1-15-10-9-12-18(16(15)2)24-20(3,4)19(23)22(6)14-17-11-7-8-13-21(17)5/h9-10,12,17H,7-8,11,13-14H2,1-6H3/t17-/m0/s1. The van der Waals surface area contributed by atoms with E-state index in [-0.39, 0.29) is 5.91 Å². The van der Waals surface area contributed by atoms with Crippen LogP contribution in [0.15, 0.2) is 18.2 Å². The molecule has 1 aromatic carbocycles. The van der Waals surface area contributed by atoms with Crippen LogP contribution in [-0.2, 0) is 4.79 Å². The number of hydrogen-bond donors (Lipinski definition) is 0. The van der Waals surface area contributed by atoms with Crippen molar-refractivity contribution in [3.05, 3.63) is 29.3 Å². The van der Waals surface area contributed by atoms with Crippen molar-refractivity contribution in [1.29, 1.82) is 0 Å². The average molecular weight is 332 g/mol. The molecule has 1 amide bonds. The van der Waals surface area contributed by atoms with Crippen LogP contribution in [0, 0.1) is 13.8 Å². The predicted octanol–water partition coefficient (Wildman–Crippen LogP) is 3.40. The van der Waals surface area contributed by atoms with E-state index in [1.807, 2.05) is 44.9 Å². The van der Waals surface area contributed by atoms with Gasteiger partial charge >= 0.3 is 0 Å². The third-order valence-electron chi connectivity index (χ3n) is 5.19. The number of hydrogen-bond acceptors (Lipinski definition) is 3. The molecule has 0 bridgehead atoms. The zero-order chi connectivity index (χ0) is 17.9. The molecule has 134 valence electrons. The Balaban J connectivity index is 2.04. The maximum Gasteiger partial charge on any atom is 0.265 e. The minimum atomic E-state index is -0.874. The van der Waals surface area contributed by atoms with Crippen molar-refractivity contribution in [1.82, 2.24) is 9.80 Å². The summed E-state index contributed by atoms with van der Waals surface area (Å²) in [6.07, 6.45) is 3.66. The molecular weight excluding hydrogens is 300 g/mol. The largest absolute Gasteiger partial charge is 0.478 e. The molecule has 24 heavy (non-hydrogen) atoms. The van der Waals surface area contributed by atoms with Gasteiger partial charge in [-0.2, -0.15) is 0 Å². The zero-order valence-corrected chi connectivity index (χ0v) is 16.1. The zero-order valence-electron chi connectivity index (χ0n) is 16.1. The van der Waals surface area contributed by atoms with Crippen molar-refractivity contribution in [2.75, 3.05) is 27.2 Å². The first kappa shape index (κ1) is 18.8. The number of carbonyl (C=O) groups excluding carboxylic acids is 1. The van der Waals surface area contributed by atoms with Gasteiger partial charge < -0.3 is 14.5 Å². The Labute approximate surface area is 146 Å². The van der Waals surface area contributed by atoms with Crippen LogP contribution < -0.4 is 4.74 Å². The molecule has 4 nitrogen and oxygen atoms in total. The van der Waals surface area contributed by atoms with Crippen LogP contribution in [0.4, 0.5) is 0 Å². The van der Waals surface area contributed by atoms with E-state index in [9.17, 15) is 4.79 Å². The lowest BCUT2D eigenvalue weighted by atomic mass is 10.0. The highest BCUT2D eigenvalue weighted by atomic mass is 16.5. The van der Waals surface area contributed by atoms with Gasteiger partial charge in [0.05, 0.1) is 0 Å². The summed E-state index contributed by atoms with van der Waals surface area (Å²) in [5, 5.41) is 0. The summed E-state index contributed by atoms with van der Waals surface area (Å²) in [6.45, 7) is 9.69. The number of piperidine rings is 1. The number of likely N-dealkylation sites (tertiary alicyclic amines) is 1. The van der Waals surface area contributed by atoms with E-state index in [1.54, 1.807) is 0 Å². The molecule has 1 fully saturated rings. The van der Waals surface area contributed by atoms with Crippen LogP contribution in [0.25, 0.3) is 0 Å². The monoisotopic (exact) mass is 332 g/mol. The van der Waals surface area contributed by atoms with Gasteiger partial charge in [-0.25, -0.2) is 0 Å². The quantitative estimate of drug-likeness (QED) is 0.828. The summed E-state index contributed by atoms with van der Waals surface area (Å²) < 4.78 is 6.11. The third kappa shape index (κ3) is 4.29. The van der Waals surface area contributed by atoms with Crippen molar-refractivity contribution in [2.45, 2.75) is 58.6 Å². The van der Waals surface area contributed by atoms with Gasteiger partial charge in [0.1, 0.15) is 5.75 Å². The Morgan fingerprint density at radius 3 is 2.71 bits per heavy atom. The fourth-order valence-corrected chi connectivity index (χ4v) is 3.39. The van der Waals surface area contributed by atoms with Gasteiger partial charge in [0.25, 0.3) is 5.91 Å². The van der Waals surface area contributed by atoms with Gasteiger partial charge in [0.2, 0.25) is 0 Å².